The Morgan fingerprint density at radius 3 is 2.69 bits per heavy atom. The van der Waals surface area contributed by atoms with Gasteiger partial charge in [0.2, 0.25) is 0 Å². The molecular formula is C23H29NO4S. The summed E-state index contributed by atoms with van der Waals surface area (Å²) in [6.07, 6.45) is 8.39. The maximum absolute atomic E-state index is 13.0. The number of hydrogen-bond donors (Lipinski definition) is 1. The third-order valence-corrected chi connectivity index (χ3v) is 6.38. The summed E-state index contributed by atoms with van der Waals surface area (Å²) in [4.78, 5) is 26.6. The van der Waals surface area contributed by atoms with E-state index in [0.717, 1.165) is 44.1 Å². The summed E-state index contributed by atoms with van der Waals surface area (Å²) in [5.74, 6) is -0.0829. The van der Waals surface area contributed by atoms with E-state index < -0.39 is 0 Å². The normalized spacial score (nSPS) is 12.9. The van der Waals surface area contributed by atoms with E-state index in [1.807, 2.05) is 18.2 Å². The average molecular weight is 416 g/mol. The number of thiophene rings is 1. The molecule has 1 aromatic carbocycles. The number of esters is 1. The van der Waals surface area contributed by atoms with Crippen LogP contribution in [0, 0.1) is 0 Å². The molecule has 3 rings (SSSR count). The third kappa shape index (κ3) is 5.18. The highest BCUT2D eigenvalue weighted by Crippen LogP contribution is 2.39. The molecule has 29 heavy (non-hydrogen) atoms. The largest absolute Gasteiger partial charge is 0.493 e. The van der Waals surface area contributed by atoms with Crippen LogP contribution in [-0.4, -0.2) is 25.6 Å². The number of anilines is 1. The molecular weight excluding hydrogens is 386 g/mol. The second kappa shape index (κ2) is 10.4. The van der Waals surface area contributed by atoms with E-state index in [1.54, 1.807) is 6.07 Å². The highest BCUT2D eigenvalue weighted by atomic mass is 32.1. The Hall–Kier alpha value is -2.34. The second-order valence-electron chi connectivity index (χ2n) is 7.27. The van der Waals surface area contributed by atoms with Gasteiger partial charge in [0.1, 0.15) is 10.8 Å². The molecule has 1 amide bonds. The minimum atomic E-state index is -0.389. The molecule has 6 heteroatoms. The second-order valence-corrected chi connectivity index (χ2v) is 8.37. The molecule has 1 aromatic heterocycles. The molecule has 0 saturated heterocycles. The van der Waals surface area contributed by atoms with Crippen molar-refractivity contribution in [3.8, 4) is 5.75 Å². The lowest BCUT2D eigenvalue weighted by molar-refractivity contribution is 0.0601. The zero-order chi connectivity index (χ0) is 20.6. The molecule has 156 valence electrons. The van der Waals surface area contributed by atoms with Crippen molar-refractivity contribution in [2.75, 3.05) is 19.0 Å². The van der Waals surface area contributed by atoms with Crippen LogP contribution in [0.1, 0.15) is 76.6 Å². The Balaban J connectivity index is 1.77. The minimum Gasteiger partial charge on any atom is -0.493 e. The number of aryl methyl sites for hydroxylation is 1. The van der Waals surface area contributed by atoms with Gasteiger partial charge >= 0.3 is 5.97 Å². The van der Waals surface area contributed by atoms with Gasteiger partial charge < -0.3 is 14.8 Å². The Morgan fingerprint density at radius 1 is 1.10 bits per heavy atom. The van der Waals surface area contributed by atoms with Crippen molar-refractivity contribution in [3.05, 3.63) is 45.8 Å². The van der Waals surface area contributed by atoms with Gasteiger partial charge in [-0.1, -0.05) is 38.3 Å². The van der Waals surface area contributed by atoms with E-state index >= 15 is 0 Å². The molecule has 1 aliphatic carbocycles. The van der Waals surface area contributed by atoms with E-state index in [-0.39, 0.29) is 11.9 Å². The number of benzene rings is 1. The van der Waals surface area contributed by atoms with Gasteiger partial charge in [-0.25, -0.2) is 4.79 Å². The zero-order valence-corrected chi connectivity index (χ0v) is 18.0. The molecule has 0 radical (unpaired) electrons. The van der Waals surface area contributed by atoms with Crippen LogP contribution in [0.3, 0.4) is 0 Å². The smallest absolute Gasteiger partial charge is 0.341 e. The summed E-state index contributed by atoms with van der Waals surface area (Å²) in [6.45, 7) is 2.76. The first kappa shape index (κ1) is 21.4. The van der Waals surface area contributed by atoms with Gasteiger partial charge in [-0.2, -0.15) is 0 Å². The molecule has 0 bridgehead atoms. The van der Waals surface area contributed by atoms with E-state index in [2.05, 4.69) is 12.2 Å². The lowest BCUT2D eigenvalue weighted by Gasteiger charge is -2.13. The number of carbonyl (C=O) groups excluding carboxylic acids is 2. The predicted octanol–water partition coefficient (Wildman–Crippen LogP) is 5.62. The lowest BCUT2D eigenvalue weighted by Crippen LogP contribution is -2.16. The molecule has 0 unspecified atom stereocenters. The van der Waals surface area contributed by atoms with Gasteiger partial charge in [0, 0.05) is 4.88 Å². The van der Waals surface area contributed by atoms with Gasteiger partial charge in [-0.05, 0) is 49.8 Å². The minimum absolute atomic E-state index is 0.266. The maximum Gasteiger partial charge on any atom is 0.341 e. The first-order valence-corrected chi connectivity index (χ1v) is 11.2. The van der Waals surface area contributed by atoms with Crippen molar-refractivity contribution >= 4 is 28.2 Å². The number of unbranched alkanes of at least 4 members (excludes halogenated alkanes) is 3. The molecule has 5 nitrogen and oxygen atoms in total. The fraction of sp³-hybridized carbons (Fsp3) is 0.478. The van der Waals surface area contributed by atoms with Crippen LogP contribution in [0.4, 0.5) is 5.00 Å². The van der Waals surface area contributed by atoms with Crippen molar-refractivity contribution in [2.24, 2.45) is 0 Å². The van der Waals surface area contributed by atoms with E-state index in [1.165, 1.54) is 36.2 Å². The van der Waals surface area contributed by atoms with Crippen molar-refractivity contribution < 1.29 is 19.1 Å². The van der Waals surface area contributed by atoms with Crippen LogP contribution >= 0.6 is 11.3 Å². The topological polar surface area (TPSA) is 64.6 Å². The van der Waals surface area contributed by atoms with Crippen LogP contribution < -0.4 is 10.1 Å². The monoisotopic (exact) mass is 415 g/mol. The van der Waals surface area contributed by atoms with Crippen LogP contribution in [0.15, 0.2) is 24.3 Å². The number of nitrogens with one attached hydrogen (secondary N) is 1. The first-order chi connectivity index (χ1) is 14.2. The summed E-state index contributed by atoms with van der Waals surface area (Å²) in [7, 11) is 1.38. The molecule has 1 N–H and O–H groups in total. The van der Waals surface area contributed by atoms with E-state index in [0.29, 0.717) is 28.5 Å². The number of rotatable bonds is 9. The number of hydrogen-bond acceptors (Lipinski definition) is 5. The number of methoxy groups -OCH3 is 1. The van der Waals surface area contributed by atoms with Crippen molar-refractivity contribution in [1.29, 1.82) is 0 Å². The van der Waals surface area contributed by atoms with Gasteiger partial charge in [0.15, 0.2) is 0 Å². The molecule has 1 aliphatic rings. The van der Waals surface area contributed by atoms with Crippen molar-refractivity contribution in [3.63, 3.8) is 0 Å². The average Bonchev–Trinajstić information content (AvgIpc) is 3.11. The van der Waals surface area contributed by atoms with E-state index in [4.69, 9.17) is 9.47 Å². The van der Waals surface area contributed by atoms with Crippen LogP contribution in [0.2, 0.25) is 0 Å². The molecule has 0 fully saturated rings. The maximum atomic E-state index is 13.0. The fourth-order valence-corrected chi connectivity index (χ4v) is 4.91. The Morgan fingerprint density at radius 2 is 1.90 bits per heavy atom. The molecule has 2 aromatic rings. The fourth-order valence-electron chi connectivity index (χ4n) is 3.63. The van der Waals surface area contributed by atoms with E-state index in [9.17, 15) is 9.59 Å². The number of amides is 1. The highest BCUT2D eigenvalue weighted by molar-refractivity contribution is 7.17. The van der Waals surface area contributed by atoms with Gasteiger partial charge in [0.25, 0.3) is 5.91 Å². The molecule has 0 saturated carbocycles. The zero-order valence-electron chi connectivity index (χ0n) is 17.2. The summed E-state index contributed by atoms with van der Waals surface area (Å²) in [6, 6.07) is 7.25. The quantitative estimate of drug-likeness (QED) is 0.426. The molecule has 1 heterocycles. The number of para-hydroxylation sites is 1. The number of ether oxygens (including phenoxy) is 2. The van der Waals surface area contributed by atoms with Gasteiger partial charge in [0.05, 0.1) is 24.8 Å². The lowest BCUT2D eigenvalue weighted by atomic mass is 9.95. The van der Waals surface area contributed by atoms with Gasteiger partial charge in [-0.3, -0.25) is 4.79 Å². The summed E-state index contributed by atoms with van der Waals surface area (Å²) in [5, 5.41) is 3.52. The van der Waals surface area contributed by atoms with Crippen LogP contribution in [0.5, 0.6) is 5.75 Å². The van der Waals surface area contributed by atoms with Crippen molar-refractivity contribution in [2.45, 2.75) is 58.3 Å². The number of fused-ring (bicyclic) bond motifs is 1. The molecule has 0 aliphatic heterocycles. The summed E-state index contributed by atoms with van der Waals surface area (Å²) in [5.41, 5.74) is 2.02. The predicted molar refractivity (Wildman–Crippen MR) is 116 cm³/mol. The Bertz CT molecular complexity index is 859. The Labute approximate surface area is 176 Å². The van der Waals surface area contributed by atoms with Crippen LogP contribution in [-0.2, 0) is 17.6 Å². The summed E-state index contributed by atoms with van der Waals surface area (Å²) < 4.78 is 10.9. The van der Waals surface area contributed by atoms with Crippen molar-refractivity contribution in [1.82, 2.24) is 0 Å². The first-order valence-electron chi connectivity index (χ1n) is 10.4. The number of carbonyl (C=O) groups is 2. The van der Waals surface area contributed by atoms with Gasteiger partial charge in [-0.15, -0.1) is 11.3 Å². The standard InChI is InChI=1S/C23H29NO4S/c1-3-4-5-10-15-28-18-13-8-6-11-16(18)21(25)24-22-20(23(26)27-2)17-12-7-9-14-19(17)29-22/h6,8,11,13H,3-5,7,9-10,12,14-15H2,1-2H3,(H,24,25). The SMILES string of the molecule is CCCCCCOc1ccccc1C(=O)Nc1sc2c(c1C(=O)OC)CCCC2. The summed E-state index contributed by atoms with van der Waals surface area (Å²) >= 11 is 1.49. The third-order valence-electron chi connectivity index (χ3n) is 5.18. The van der Waals surface area contributed by atoms with Crippen LogP contribution in [0.25, 0.3) is 0 Å². The Kier molecular flexibility index (Phi) is 7.69. The highest BCUT2D eigenvalue weighted by Gasteiger charge is 2.27. The molecule has 0 spiro atoms. The molecule has 0 atom stereocenters.